The molecule has 0 fully saturated rings. The normalized spacial score (nSPS) is 10.2. The van der Waals surface area contributed by atoms with E-state index in [1.807, 2.05) is 19.1 Å². The fourth-order valence-corrected chi connectivity index (χ4v) is 1.12. The summed E-state index contributed by atoms with van der Waals surface area (Å²) in [5, 5.41) is 8.81. The molecular weight excluding hydrogens is 136 g/mol. The minimum Gasteiger partial charge on any atom is -0.385 e. The van der Waals surface area contributed by atoms with Crippen LogP contribution in [0.25, 0.3) is 0 Å². The molecule has 0 atom stereocenters. The number of aliphatic hydroxyl groups is 1. The Kier molecular flexibility index (Phi) is 2.30. The van der Waals surface area contributed by atoms with Crippen molar-refractivity contribution in [2.24, 2.45) is 0 Å². The number of aryl methyl sites for hydroxylation is 1. The Hall–Kier alpha value is -0.820. The van der Waals surface area contributed by atoms with Gasteiger partial charge in [-0.1, -0.05) is 12.1 Å². The Balaban J connectivity index is 3.25. The summed E-state index contributed by atoms with van der Waals surface area (Å²) < 4.78 is 0. The molecule has 1 aromatic rings. The van der Waals surface area contributed by atoms with Gasteiger partial charge in [0.15, 0.2) is 0 Å². The Morgan fingerprint density at radius 1 is 1.09 bits per heavy atom. The second kappa shape index (κ2) is 3.05. The summed E-state index contributed by atoms with van der Waals surface area (Å²) in [6.07, 6.45) is 0. The summed E-state index contributed by atoms with van der Waals surface area (Å²) in [5.74, 6) is 0. The zero-order valence-corrected chi connectivity index (χ0v) is 7.18. The minimum atomic E-state index is 0.910. The van der Waals surface area contributed by atoms with Gasteiger partial charge in [0, 0.05) is 0 Å². The molecule has 11 heavy (non-hydrogen) atoms. The third-order valence-corrected chi connectivity index (χ3v) is 2.24. The zero-order chi connectivity index (χ0) is 8.43. The van der Waals surface area contributed by atoms with Gasteiger partial charge in [0.1, 0.15) is 6.61 Å². The van der Waals surface area contributed by atoms with Gasteiger partial charge in [-0.25, -0.2) is 0 Å². The number of rotatable bonds is 1. The Labute approximate surface area is 67.7 Å². The summed E-state index contributed by atoms with van der Waals surface area (Å²) in [6, 6.07) is 3.95. The molecule has 0 aliphatic carbocycles. The van der Waals surface area contributed by atoms with E-state index in [0.29, 0.717) is 0 Å². The van der Waals surface area contributed by atoms with Crippen LogP contribution in [0, 0.1) is 27.4 Å². The van der Waals surface area contributed by atoms with Crippen LogP contribution in [0.3, 0.4) is 0 Å². The van der Waals surface area contributed by atoms with Gasteiger partial charge in [-0.3, -0.25) is 0 Å². The van der Waals surface area contributed by atoms with E-state index in [0.717, 1.165) is 17.7 Å². The number of hydrogen-bond acceptors (Lipinski definition) is 1. The van der Waals surface area contributed by atoms with Gasteiger partial charge >= 0.3 is 0 Å². The first kappa shape index (κ1) is 8.28. The van der Waals surface area contributed by atoms with Crippen LogP contribution >= 0.6 is 0 Å². The first-order valence-electron chi connectivity index (χ1n) is 3.71. The molecule has 0 bridgehead atoms. The lowest BCUT2D eigenvalue weighted by molar-refractivity contribution is 0.414. The standard InChI is InChI=1S/C10H13O/c1-7-4-5-10(6-11)9(3)8(7)2/h4-6,11H,1-3H3. The summed E-state index contributed by atoms with van der Waals surface area (Å²) >= 11 is 0. The summed E-state index contributed by atoms with van der Waals surface area (Å²) in [7, 11) is 0. The van der Waals surface area contributed by atoms with E-state index in [4.69, 9.17) is 5.11 Å². The maximum absolute atomic E-state index is 8.81. The van der Waals surface area contributed by atoms with Crippen LogP contribution in [0.4, 0.5) is 0 Å². The van der Waals surface area contributed by atoms with E-state index in [9.17, 15) is 0 Å². The molecule has 0 aliphatic heterocycles. The highest BCUT2D eigenvalue weighted by Gasteiger charge is 2.01. The Morgan fingerprint density at radius 2 is 1.73 bits per heavy atom. The van der Waals surface area contributed by atoms with Crippen molar-refractivity contribution in [1.82, 2.24) is 0 Å². The van der Waals surface area contributed by atoms with Crippen molar-refractivity contribution in [3.8, 4) is 0 Å². The minimum absolute atomic E-state index is 0.910. The average molecular weight is 149 g/mol. The van der Waals surface area contributed by atoms with E-state index in [1.54, 1.807) is 0 Å². The molecule has 1 N–H and O–H groups in total. The number of hydrogen-bond donors (Lipinski definition) is 1. The summed E-state index contributed by atoms with van der Waals surface area (Å²) in [4.78, 5) is 0. The first-order chi connectivity index (χ1) is 5.16. The third kappa shape index (κ3) is 1.43. The fourth-order valence-electron chi connectivity index (χ4n) is 1.12. The molecule has 0 saturated carbocycles. The van der Waals surface area contributed by atoms with Gasteiger partial charge in [-0.2, -0.15) is 0 Å². The molecule has 59 valence electrons. The lowest BCUT2D eigenvalue weighted by Gasteiger charge is -2.07. The zero-order valence-electron chi connectivity index (χ0n) is 7.18. The van der Waals surface area contributed by atoms with Crippen molar-refractivity contribution in [2.45, 2.75) is 20.8 Å². The molecule has 1 heteroatoms. The van der Waals surface area contributed by atoms with Crippen LogP contribution in [0.2, 0.25) is 0 Å². The van der Waals surface area contributed by atoms with Crippen LogP contribution in [0.5, 0.6) is 0 Å². The van der Waals surface area contributed by atoms with Gasteiger partial charge in [0.05, 0.1) is 0 Å². The number of benzene rings is 1. The molecule has 1 radical (unpaired) electrons. The lowest BCUT2D eigenvalue weighted by atomic mass is 9.99. The summed E-state index contributed by atoms with van der Waals surface area (Å²) in [5.41, 5.74) is 4.60. The topological polar surface area (TPSA) is 20.2 Å². The molecule has 0 unspecified atom stereocenters. The van der Waals surface area contributed by atoms with Gasteiger partial charge in [-0.15, -0.1) is 0 Å². The molecule has 0 heterocycles. The largest absolute Gasteiger partial charge is 0.385 e. The Morgan fingerprint density at radius 3 is 2.27 bits per heavy atom. The lowest BCUT2D eigenvalue weighted by Crippen LogP contribution is -1.92. The maximum atomic E-state index is 8.81. The van der Waals surface area contributed by atoms with Crippen LogP contribution in [0.15, 0.2) is 12.1 Å². The van der Waals surface area contributed by atoms with Gasteiger partial charge < -0.3 is 5.11 Å². The fraction of sp³-hybridized carbons (Fsp3) is 0.300. The van der Waals surface area contributed by atoms with Crippen molar-refractivity contribution < 1.29 is 5.11 Å². The third-order valence-electron chi connectivity index (χ3n) is 2.24. The molecule has 0 aliphatic rings. The Bertz CT molecular complexity index is 264. The van der Waals surface area contributed by atoms with Crippen molar-refractivity contribution in [3.63, 3.8) is 0 Å². The number of aliphatic hydroxyl groups excluding tert-OH is 1. The van der Waals surface area contributed by atoms with E-state index in [-0.39, 0.29) is 0 Å². The van der Waals surface area contributed by atoms with Crippen molar-refractivity contribution in [2.75, 3.05) is 0 Å². The van der Waals surface area contributed by atoms with E-state index in [1.165, 1.54) is 11.1 Å². The molecule has 0 aromatic heterocycles. The SMILES string of the molecule is Cc1ccc([CH]O)c(C)c1C. The molecule has 0 saturated heterocycles. The van der Waals surface area contributed by atoms with Crippen LogP contribution in [0.1, 0.15) is 22.3 Å². The van der Waals surface area contributed by atoms with Gasteiger partial charge in [-0.05, 0) is 43.0 Å². The molecule has 0 amide bonds. The molecule has 0 spiro atoms. The van der Waals surface area contributed by atoms with Crippen molar-refractivity contribution in [1.29, 1.82) is 0 Å². The average Bonchev–Trinajstić information content (AvgIpc) is 2.01. The molecular formula is C10H13O. The highest BCUT2D eigenvalue weighted by atomic mass is 16.3. The monoisotopic (exact) mass is 149 g/mol. The van der Waals surface area contributed by atoms with Crippen LogP contribution in [-0.2, 0) is 0 Å². The quantitative estimate of drug-likeness (QED) is 0.650. The molecule has 1 nitrogen and oxygen atoms in total. The second-order valence-electron chi connectivity index (χ2n) is 2.85. The van der Waals surface area contributed by atoms with Crippen LogP contribution in [-0.4, -0.2) is 5.11 Å². The molecule has 1 rings (SSSR count). The highest BCUT2D eigenvalue weighted by molar-refractivity contribution is 5.40. The second-order valence-corrected chi connectivity index (χ2v) is 2.85. The van der Waals surface area contributed by atoms with E-state index < -0.39 is 0 Å². The predicted molar refractivity (Wildman–Crippen MR) is 46.0 cm³/mol. The smallest absolute Gasteiger partial charge is 0.109 e. The van der Waals surface area contributed by atoms with Gasteiger partial charge in [0.2, 0.25) is 0 Å². The first-order valence-corrected chi connectivity index (χ1v) is 3.71. The van der Waals surface area contributed by atoms with E-state index >= 15 is 0 Å². The van der Waals surface area contributed by atoms with Crippen LogP contribution < -0.4 is 0 Å². The van der Waals surface area contributed by atoms with Crippen molar-refractivity contribution in [3.05, 3.63) is 41.0 Å². The predicted octanol–water partition coefficient (Wildman–Crippen LogP) is 2.49. The molecule has 1 aromatic carbocycles. The van der Waals surface area contributed by atoms with Crippen molar-refractivity contribution >= 4 is 0 Å². The van der Waals surface area contributed by atoms with E-state index in [2.05, 4.69) is 13.8 Å². The highest BCUT2D eigenvalue weighted by Crippen LogP contribution is 2.17. The maximum Gasteiger partial charge on any atom is 0.109 e. The van der Waals surface area contributed by atoms with Gasteiger partial charge in [0.25, 0.3) is 0 Å². The summed E-state index contributed by atoms with van der Waals surface area (Å²) in [6.45, 7) is 7.31.